The average molecular weight is 305 g/mol. The molecule has 106 valence electrons. The molecule has 4 nitrogen and oxygen atoms in total. The second-order valence-corrected chi connectivity index (χ2v) is 6.21. The molecule has 5 rings (SSSR count). The Morgan fingerprint density at radius 1 is 1.05 bits per heavy atom. The maximum absolute atomic E-state index is 5.79. The van der Waals surface area contributed by atoms with Gasteiger partial charge in [0.05, 0.1) is 10.2 Å². The zero-order valence-corrected chi connectivity index (χ0v) is 12.4. The maximum atomic E-state index is 5.79. The van der Waals surface area contributed by atoms with Gasteiger partial charge in [-0.25, -0.2) is 9.67 Å². The minimum atomic E-state index is 0.553. The van der Waals surface area contributed by atoms with Crippen LogP contribution < -0.4 is 4.74 Å². The minimum absolute atomic E-state index is 0.553. The first kappa shape index (κ1) is 11.9. The van der Waals surface area contributed by atoms with Gasteiger partial charge in [0, 0.05) is 17.3 Å². The Hall–Kier alpha value is -2.66. The highest BCUT2D eigenvalue weighted by molar-refractivity contribution is 7.20. The number of aromatic nitrogens is 3. The van der Waals surface area contributed by atoms with Gasteiger partial charge in [-0.1, -0.05) is 35.6 Å². The van der Waals surface area contributed by atoms with E-state index in [1.807, 2.05) is 53.3 Å². The lowest BCUT2D eigenvalue weighted by atomic mass is 10.1. The minimum Gasteiger partial charge on any atom is -0.488 e. The molecule has 0 saturated heterocycles. The van der Waals surface area contributed by atoms with E-state index in [9.17, 15) is 0 Å². The van der Waals surface area contributed by atoms with E-state index < -0.39 is 0 Å². The molecule has 1 aliphatic heterocycles. The number of ether oxygens (including phenoxy) is 1. The Morgan fingerprint density at radius 2 is 1.91 bits per heavy atom. The molecule has 2 aromatic carbocycles. The molecule has 0 bridgehead atoms. The van der Waals surface area contributed by atoms with Crippen LogP contribution in [-0.2, 0) is 6.61 Å². The summed E-state index contributed by atoms with van der Waals surface area (Å²) in [5.41, 5.74) is 4.13. The number of para-hydroxylation sites is 2. The molecule has 2 aromatic heterocycles. The summed E-state index contributed by atoms with van der Waals surface area (Å²) in [6.07, 6.45) is 2.02. The van der Waals surface area contributed by atoms with Gasteiger partial charge in [-0.05, 0) is 24.3 Å². The molecule has 4 aromatic rings. The van der Waals surface area contributed by atoms with Gasteiger partial charge in [0.2, 0.25) is 5.13 Å². The number of hydrogen-bond acceptors (Lipinski definition) is 4. The SMILES string of the molecule is c1ccc2c(c1)OCc1cn(-c3nc4ccccc4s3)nc1-2. The second-order valence-electron chi connectivity index (χ2n) is 5.20. The topological polar surface area (TPSA) is 39.9 Å². The lowest BCUT2D eigenvalue weighted by molar-refractivity contribution is 0.302. The summed E-state index contributed by atoms with van der Waals surface area (Å²) < 4.78 is 8.82. The monoisotopic (exact) mass is 305 g/mol. The molecular weight excluding hydrogens is 294 g/mol. The Balaban J connectivity index is 1.68. The van der Waals surface area contributed by atoms with Crippen LogP contribution in [0.25, 0.3) is 26.6 Å². The van der Waals surface area contributed by atoms with Crippen LogP contribution in [0, 0.1) is 0 Å². The summed E-state index contributed by atoms with van der Waals surface area (Å²) in [6, 6.07) is 16.2. The van der Waals surface area contributed by atoms with E-state index in [2.05, 4.69) is 11.1 Å². The van der Waals surface area contributed by atoms with E-state index in [0.717, 1.165) is 33.2 Å². The zero-order valence-electron chi connectivity index (χ0n) is 11.6. The third kappa shape index (κ3) is 1.69. The van der Waals surface area contributed by atoms with Gasteiger partial charge < -0.3 is 4.74 Å². The average Bonchev–Trinajstić information content (AvgIpc) is 3.18. The fourth-order valence-corrected chi connectivity index (χ4v) is 3.63. The summed E-state index contributed by atoms with van der Waals surface area (Å²) in [4.78, 5) is 4.66. The third-order valence-corrected chi connectivity index (χ3v) is 4.82. The highest BCUT2D eigenvalue weighted by atomic mass is 32.1. The number of fused-ring (bicyclic) bond motifs is 4. The quantitative estimate of drug-likeness (QED) is 0.533. The van der Waals surface area contributed by atoms with Crippen LogP contribution in [0.2, 0.25) is 0 Å². The molecule has 3 heterocycles. The van der Waals surface area contributed by atoms with Crippen molar-refractivity contribution in [2.75, 3.05) is 0 Å². The summed E-state index contributed by atoms with van der Waals surface area (Å²) in [5, 5.41) is 5.62. The van der Waals surface area contributed by atoms with Crippen LogP contribution in [0.15, 0.2) is 54.7 Å². The number of thiazole rings is 1. The zero-order chi connectivity index (χ0) is 14.5. The summed E-state index contributed by atoms with van der Waals surface area (Å²) in [5.74, 6) is 0.893. The van der Waals surface area contributed by atoms with Crippen LogP contribution in [0.4, 0.5) is 0 Å². The van der Waals surface area contributed by atoms with Crippen LogP contribution in [0.1, 0.15) is 5.56 Å². The Labute approximate surface area is 130 Å². The molecule has 0 amide bonds. The Kier molecular flexibility index (Phi) is 2.40. The van der Waals surface area contributed by atoms with Crippen LogP contribution in [0.5, 0.6) is 5.75 Å². The van der Waals surface area contributed by atoms with Crippen molar-refractivity contribution in [3.63, 3.8) is 0 Å². The molecular formula is C17H11N3OS. The Bertz CT molecular complexity index is 969. The molecule has 0 spiro atoms. The first-order valence-corrected chi connectivity index (χ1v) is 7.87. The number of rotatable bonds is 1. The predicted octanol–water partition coefficient (Wildman–Crippen LogP) is 4.04. The molecule has 0 N–H and O–H groups in total. The molecule has 0 aliphatic carbocycles. The molecule has 1 aliphatic rings. The van der Waals surface area contributed by atoms with Crippen molar-refractivity contribution in [2.24, 2.45) is 0 Å². The van der Waals surface area contributed by atoms with Gasteiger partial charge in [-0.3, -0.25) is 0 Å². The van der Waals surface area contributed by atoms with Crippen molar-refractivity contribution in [1.29, 1.82) is 0 Å². The van der Waals surface area contributed by atoms with Crippen molar-refractivity contribution in [2.45, 2.75) is 6.61 Å². The molecule has 0 atom stereocenters. The number of hydrogen-bond donors (Lipinski definition) is 0. The predicted molar refractivity (Wildman–Crippen MR) is 86.5 cm³/mol. The van der Waals surface area contributed by atoms with E-state index in [4.69, 9.17) is 9.84 Å². The molecule has 5 heteroatoms. The van der Waals surface area contributed by atoms with Crippen LogP contribution in [-0.4, -0.2) is 14.8 Å². The van der Waals surface area contributed by atoms with Crippen LogP contribution >= 0.6 is 11.3 Å². The van der Waals surface area contributed by atoms with E-state index in [1.165, 1.54) is 4.70 Å². The first-order valence-electron chi connectivity index (χ1n) is 7.05. The van der Waals surface area contributed by atoms with Gasteiger partial charge in [0.1, 0.15) is 18.1 Å². The van der Waals surface area contributed by atoms with Crippen molar-refractivity contribution in [3.8, 4) is 22.1 Å². The normalized spacial score (nSPS) is 12.7. The molecule has 0 radical (unpaired) electrons. The standard InChI is InChI=1S/C17H11N3OS/c1-3-7-14-12(5-1)16-11(10-21-14)9-20(19-16)17-18-13-6-2-4-8-15(13)22-17/h1-9H,10H2. The molecule has 0 saturated carbocycles. The van der Waals surface area contributed by atoms with Gasteiger partial charge in [-0.2, -0.15) is 5.10 Å². The van der Waals surface area contributed by atoms with Gasteiger partial charge >= 0.3 is 0 Å². The largest absolute Gasteiger partial charge is 0.488 e. The molecule has 0 fully saturated rings. The van der Waals surface area contributed by atoms with E-state index in [0.29, 0.717) is 6.61 Å². The fourth-order valence-electron chi connectivity index (χ4n) is 2.74. The summed E-state index contributed by atoms with van der Waals surface area (Å²) >= 11 is 1.64. The van der Waals surface area contributed by atoms with Crippen molar-refractivity contribution in [3.05, 3.63) is 60.3 Å². The van der Waals surface area contributed by atoms with Gasteiger partial charge in [-0.15, -0.1) is 0 Å². The van der Waals surface area contributed by atoms with Crippen LogP contribution in [0.3, 0.4) is 0 Å². The van der Waals surface area contributed by atoms with Crippen molar-refractivity contribution in [1.82, 2.24) is 14.8 Å². The third-order valence-electron chi connectivity index (χ3n) is 3.79. The lowest BCUT2D eigenvalue weighted by Gasteiger charge is -2.15. The van der Waals surface area contributed by atoms with E-state index in [1.54, 1.807) is 11.3 Å². The maximum Gasteiger partial charge on any atom is 0.211 e. The highest BCUT2D eigenvalue weighted by Crippen LogP contribution is 2.37. The van der Waals surface area contributed by atoms with Gasteiger partial charge in [0.15, 0.2) is 0 Å². The Morgan fingerprint density at radius 3 is 2.86 bits per heavy atom. The number of nitrogens with zero attached hydrogens (tertiary/aromatic N) is 3. The fraction of sp³-hybridized carbons (Fsp3) is 0.0588. The van der Waals surface area contributed by atoms with Crippen molar-refractivity contribution >= 4 is 21.6 Å². The molecule has 22 heavy (non-hydrogen) atoms. The van der Waals surface area contributed by atoms with E-state index >= 15 is 0 Å². The first-order chi connectivity index (χ1) is 10.9. The smallest absolute Gasteiger partial charge is 0.211 e. The summed E-state index contributed by atoms with van der Waals surface area (Å²) in [7, 11) is 0. The molecule has 0 unspecified atom stereocenters. The number of benzene rings is 2. The van der Waals surface area contributed by atoms with Gasteiger partial charge in [0.25, 0.3) is 0 Å². The highest BCUT2D eigenvalue weighted by Gasteiger charge is 2.21. The lowest BCUT2D eigenvalue weighted by Crippen LogP contribution is -2.03. The summed E-state index contributed by atoms with van der Waals surface area (Å²) in [6.45, 7) is 0.553. The van der Waals surface area contributed by atoms with E-state index in [-0.39, 0.29) is 0 Å². The second kappa shape index (κ2) is 4.42. The van der Waals surface area contributed by atoms with Crippen molar-refractivity contribution < 1.29 is 4.74 Å².